The van der Waals surface area contributed by atoms with Gasteiger partial charge in [0, 0.05) is 6.61 Å². The summed E-state index contributed by atoms with van der Waals surface area (Å²) in [4.78, 5) is 0. The summed E-state index contributed by atoms with van der Waals surface area (Å²) in [5.74, 6) is 1.28. The van der Waals surface area contributed by atoms with Crippen LogP contribution in [0.25, 0.3) is 0 Å². The molecule has 1 N–H and O–H groups in total. The minimum atomic E-state index is 0.364. The van der Waals surface area contributed by atoms with Crippen LogP contribution in [0.1, 0.15) is 24.3 Å². The second kappa shape index (κ2) is 3.28. The minimum Gasteiger partial charge on any atom is -0.396 e. The molecule has 64 valence electrons. The molecular weight excluding hydrogens is 148 g/mol. The van der Waals surface area contributed by atoms with Gasteiger partial charge < -0.3 is 5.11 Å². The summed E-state index contributed by atoms with van der Waals surface area (Å²) < 4.78 is 0. The number of aliphatic hydroxyl groups excluding tert-OH is 1. The third kappa shape index (κ3) is 1.37. The number of hydrogen-bond donors (Lipinski definition) is 1. The Hall–Kier alpha value is -0.820. The number of benzene rings is 1. The minimum absolute atomic E-state index is 0.364. The first-order valence-electron chi connectivity index (χ1n) is 4.56. The molecule has 0 amide bonds. The van der Waals surface area contributed by atoms with E-state index in [0.717, 1.165) is 0 Å². The zero-order chi connectivity index (χ0) is 8.39. The lowest BCUT2D eigenvalue weighted by molar-refractivity contribution is 0.142. The van der Waals surface area contributed by atoms with Gasteiger partial charge in [-0.3, -0.25) is 0 Å². The molecule has 1 nitrogen and oxygen atoms in total. The van der Waals surface area contributed by atoms with E-state index in [1.54, 1.807) is 0 Å². The van der Waals surface area contributed by atoms with E-state index in [4.69, 9.17) is 5.11 Å². The van der Waals surface area contributed by atoms with E-state index in [1.807, 2.05) is 6.07 Å². The molecule has 0 aliphatic heterocycles. The van der Waals surface area contributed by atoms with Crippen LogP contribution in [0.3, 0.4) is 0 Å². The van der Waals surface area contributed by atoms with E-state index in [-0.39, 0.29) is 0 Å². The standard InChI is InChI=1S/C11H14O/c12-8-9-6-11(7-9)10-4-2-1-3-5-10/h1-5,9,11-12H,6-8H2. The normalized spacial score (nSPS) is 28.1. The first-order valence-corrected chi connectivity index (χ1v) is 4.56. The van der Waals surface area contributed by atoms with E-state index in [2.05, 4.69) is 24.3 Å². The lowest BCUT2D eigenvalue weighted by Gasteiger charge is -2.34. The number of rotatable bonds is 2. The van der Waals surface area contributed by atoms with Gasteiger partial charge in [-0.05, 0) is 30.2 Å². The average molecular weight is 162 g/mol. The van der Waals surface area contributed by atoms with Crippen LogP contribution in [0.5, 0.6) is 0 Å². The molecule has 0 bridgehead atoms. The highest BCUT2D eigenvalue weighted by atomic mass is 16.3. The topological polar surface area (TPSA) is 20.2 Å². The van der Waals surface area contributed by atoms with E-state index in [9.17, 15) is 0 Å². The lowest BCUT2D eigenvalue weighted by atomic mass is 9.72. The van der Waals surface area contributed by atoms with Gasteiger partial charge >= 0.3 is 0 Å². The van der Waals surface area contributed by atoms with Crippen LogP contribution in [-0.4, -0.2) is 11.7 Å². The fourth-order valence-electron chi connectivity index (χ4n) is 1.88. The lowest BCUT2D eigenvalue weighted by Crippen LogP contribution is -2.24. The van der Waals surface area contributed by atoms with Crippen LogP contribution in [0, 0.1) is 5.92 Å². The average Bonchev–Trinajstić information content (AvgIpc) is 2.04. The van der Waals surface area contributed by atoms with E-state index in [1.165, 1.54) is 18.4 Å². The van der Waals surface area contributed by atoms with Gasteiger partial charge in [0.05, 0.1) is 0 Å². The van der Waals surface area contributed by atoms with Crippen LogP contribution in [0.4, 0.5) is 0 Å². The van der Waals surface area contributed by atoms with Gasteiger partial charge in [-0.2, -0.15) is 0 Å². The quantitative estimate of drug-likeness (QED) is 0.706. The van der Waals surface area contributed by atoms with Gasteiger partial charge in [-0.1, -0.05) is 30.3 Å². The van der Waals surface area contributed by atoms with Gasteiger partial charge in [-0.15, -0.1) is 0 Å². The zero-order valence-corrected chi connectivity index (χ0v) is 7.11. The molecule has 1 aliphatic carbocycles. The Balaban J connectivity index is 1.97. The summed E-state index contributed by atoms with van der Waals surface area (Å²) >= 11 is 0. The smallest absolute Gasteiger partial charge is 0.0459 e. The van der Waals surface area contributed by atoms with Crippen molar-refractivity contribution in [2.24, 2.45) is 5.92 Å². The van der Waals surface area contributed by atoms with Crippen LogP contribution in [0.2, 0.25) is 0 Å². The molecule has 2 rings (SSSR count). The van der Waals surface area contributed by atoms with Crippen LogP contribution in [-0.2, 0) is 0 Å². The SMILES string of the molecule is OCC1CC(c2ccccc2)C1. The van der Waals surface area contributed by atoms with Gasteiger partial charge in [-0.25, -0.2) is 0 Å². The highest BCUT2D eigenvalue weighted by Crippen LogP contribution is 2.40. The fourth-order valence-corrected chi connectivity index (χ4v) is 1.88. The molecule has 0 atom stereocenters. The summed E-state index contributed by atoms with van der Waals surface area (Å²) in [7, 11) is 0. The molecule has 0 aromatic heterocycles. The van der Waals surface area contributed by atoms with Crippen molar-refractivity contribution in [3.8, 4) is 0 Å². The monoisotopic (exact) mass is 162 g/mol. The molecule has 0 heterocycles. The molecule has 1 saturated carbocycles. The van der Waals surface area contributed by atoms with Crippen molar-refractivity contribution in [1.29, 1.82) is 0 Å². The molecule has 0 unspecified atom stereocenters. The van der Waals surface area contributed by atoms with Crippen LogP contribution < -0.4 is 0 Å². The molecule has 1 heteroatoms. The van der Waals surface area contributed by atoms with Crippen molar-refractivity contribution in [1.82, 2.24) is 0 Å². The Bertz CT molecular complexity index is 236. The Morgan fingerprint density at radius 3 is 2.42 bits per heavy atom. The molecule has 1 aromatic rings. The van der Waals surface area contributed by atoms with Gasteiger partial charge in [0.1, 0.15) is 0 Å². The largest absolute Gasteiger partial charge is 0.396 e. The summed E-state index contributed by atoms with van der Waals surface area (Å²) in [5.41, 5.74) is 1.43. The number of aliphatic hydroxyl groups is 1. The van der Waals surface area contributed by atoms with Gasteiger partial charge in [0.2, 0.25) is 0 Å². The van der Waals surface area contributed by atoms with Crippen molar-refractivity contribution in [2.75, 3.05) is 6.61 Å². The zero-order valence-electron chi connectivity index (χ0n) is 7.11. The highest BCUT2D eigenvalue weighted by Gasteiger charge is 2.28. The maximum Gasteiger partial charge on any atom is 0.0459 e. The fraction of sp³-hybridized carbons (Fsp3) is 0.455. The van der Waals surface area contributed by atoms with Crippen molar-refractivity contribution < 1.29 is 5.11 Å². The second-order valence-corrected chi connectivity index (χ2v) is 3.63. The van der Waals surface area contributed by atoms with Gasteiger partial charge in [0.15, 0.2) is 0 Å². The maximum atomic E-state index is 8.85. The van der Waals surface area contributed by atoms with Crippen LogP contribution >= 0.6 is 0 Å². The van der Waals surface area contributed by atoms with Crippen molar-refractivity contribution in [3.05, 3.63) is 35.9 Å². The van der Waals surface area contributed by atoms with E-state index in [0.29, 0.717) is 18.4 Å². The molecule has 0 saturated heterocycles. The maximum absolute atomic E-state index is 8.85. The summed E-state index contributed by atoms with van der Waals surface area (Å²) in [6.07, 6.45) is 2.33. The first kappa shape index (κ1) is 7.81. The molecular formula is C11H14O. The predicted molar refractivity (Wildman–Crippen MR) is 49.0 cm³/mol. The van der Waals surface area contributed by atoms with Crippen molar-refractivity contribution in [2.45, 2.75) is 18.8 Å². The Labute approximate surface area is 73.0 Å². The van der Waals surface area contributed by atoms with Crippen molar-refractivity contribution in [3.63, 3.8) is 0 Å². The Kier molecular flexibility index (Phi) is 2.13. The molecule has 12 heavy (non-hydrogen) atoms. The summed E-state index contributed by atoms with van der Waals surface area (Å²) in [6, 6.07) is 10.6. The van der Waals surface area contributed by atoms with Crippen LogP contribution in [0.15, 0.2) is 30.3 Å². The third-order valence-corrected chi connectivity index (χ3v) is 2.76. The Morgan fingerprint density at radius 1 is 1.17 bits per heavy atom. The Morgan fingerprint density at radius 2 is 1.83 bits per heavy atom. The van der Waals surface area contributed by atoms with E-state index >= 15 is 0 Å². The molecule has 1 aliphatic rings. The molecule has 1 aromatic carbocycles. The van der Waals surface area contributed by atoms with Gasteiger partial charge in [0.25, 0.3) is 0 Å². The molecule has 0 radical (unpaired) electrons. The first-order chi connectivity index (χ1) is 5.90. The number of hydrogen-bond acceptors (Lipinski definition) is 1. The van der Waals surface area contributed by atoms with E-state index < -0.39 is 0 Å². The molecule has 0 spiro atoms. The summed E-state index contributed by atoms with van der Waals surface area (Å²) in [6.45, 7) is 0.364. The molecule has 1 fully saturated rings. The van der Waals surface area contributed by atoms with Crippen molar-refractivity contribution >= 4 is 0 Å². The summed E-state index contributed by atoms with van der Waals surface area (Å²) in [5, 5.41) is 8.85. The highest BCUT2D eigenvalue weighted by molar-refractivity contribution is 5.21. The second-order valence-electron chi connectivity index (χ2n) is 3.63. The predicted octanol–water partition coefficient (Wildman–Crippen LogP) is 2.17. The third-order valence-electron chi connectivity index (χ3n) is 2.76.